The third-order valence-electron chi connectivity index (χ3n) is 1.84. The van der Waals surface area contributed by atoms with Crippen molar-refractivity contribution in [1.82, 2.24) is 10.3 Å². The Morgan fingerprint density at radius 2 is 2.38 bits per heavy atom. The lowest BCUT2D eigenvalue weighted by Crippen LogP contribution is -2.25. The molecule has 1 heterocycles. The van der Waals surface area contributed by atoms with Gasteiger partial charge in [0.2, 0.25) is 5.91 Å². The molecule has 0 aliphatic carbocycles. The van der Waals surface area contributed by atoms with Gasteiger partial charge < -0.3 is 5.32 Å². The number of pyridine rings is 1. The first kappa shape index (κ1) is 9.64. The average molecular weight is 182 g/mol. The van der Waals surface area contributed by atoms with Crippen molar-refractivity contribution in [3.63, 3.8) is 0 Å². The topological polar surface area (TPSA) is 42.0 Å². The lowest BCUT2D eigenvalue weighted by molar-refractivity contribution is -0.121. The molecule has 0 saturated heterocycles. The third-order valence-corrected chi connectivity index (χ3v) is 1.84. The van der Waals surface area contributed by atoms with Crippen LogP contribution in [0.1, 0.15) is 18.5 Å². The highest BCUT2D eigenvalue weighted by Crippen LogP contribution is 2.15. The molecule has 0 aliphatic heterocycles. The minimum absolute atomic E-state index is 0.182. The van der Waals surface area contributed by atoms with Crippen LogP contribution in [0.25, 0.3) is 0 Å². The second-order valence-corrected chi connectivity index (χ2v) is 2.71. The van der Waals surface area contributed by atoms with Crippen LogP contribution in [0.3, 0.4) is 0 Å². The molecule has 1 aromatic heterocycles. The fourth-order valence-corrected chi connectivity index (χ4v) is 1.06. The van der Waals surface area contributed by atoms with E-state index in [0.717, 1.165) is 0 Å². The van der Waals surface area contributed by atoms with Gasteiger partial charge in [-0.05, 0) is 19.1 Å². The maximum absolute atomic E-state index is 13.1. The molecule has 0 aromatic carbocycles. The normalized spacial score (nSPS) is 12.2. The highest BCUT2D eigenvalue weighted by atomic mass is 19.1. The number of rotatable bonds is 2. The first-order valence-electron chi connectivity index (χ1n) is 3.98. The monoisotopic (exact) mass is 182 g/mol. The molecule has 1 N–H and O–H groups in total. The van der Waals surface area contributed by atoms with Crippen LogP contribution < -0.4 is 5.32 Å². The number of hydrogen-bond acceptors (Lipinski definition) is 2. The van der Waals surface area contributed by atoms with Crippen molar-refractivity contribution in [2.45, 2.75) is 12.8 Å². The molecule has 3 nitrogen and oxygen atoms in total. The molecule has 1 rings (SSSR count). The van der Waals surface area contributed by atoms with Crippen molar-refractivity contribution < 1.29 is 9.18 Å². The second-order valence-electron chi connectivity index (χ2n) is 2.71. The van der Waals surface area contributed by atoms with E-state index < -0.39 is 11.7 Å². The Balaban J connectivity index is 2.95. The molecule has 0 fully saturated rings. The Morgan fingerprint density at radius 1 is 1.69 bits per heavy atom. The number of amides is 1. The van der Waals surface area contributed by atoms with E-state index >= 15 is 0 Å². The van der Waals surface area contributed by atoms with Crippen LogP contribution in [0.2, 0.25) is 0 Å². The predicted molar refractivity (Wildman–Crippen MR) is 46.7 cm³/mol. The summed E-state index contributed by atoms with van der Waals surface area (Å²) in [7, 11) is 1.51. The zero-order valence-electron chi connectivity index (χ0n) is 7.54. The molecule has 70 valence electrons. The molecule has 4 heteroatoms. The fraction of sp³-hybridized carbons (Fsp3) is 0.333. The van der Waals surface area contributed by atoms with Crippen LogP contribution in [0.5, 0.6) is 0 Å². The minimum Gasteiger partial charge on any atom is -0.359 e. The second kappa shape index (κ2) is 3.98. The average Bonchev–Trinajstić information content (AvgIpc) is 2.16. The predicted octanol–water partition coefficient (Wildman–Crippen LogP) is 1.07. The van der Waals surface area contributed by atoms with Crippen LogP contribution >= 0.6 is 0 Å². The van der Waals surface area contributed by atoms with E-state index in [1.807, 2.05) is 0 Å². The van der Waals surface area contributed by atoms with Gasteiger partial charge in [-0.25, -0.2) is 4.39 Å². The van der Waals surface area contributed by atoms with Crippen LogP contribution in [-0.4, -0.2) is 17.9 Å². The Bertz CT molecular complexity index is 314. The van der Waals surface area contributed by atoms with Gasteiger partial charge in [-0.1, -0.05) is 0 Å². The maximum atomic E-state index is 13.1. The quantitative estimate of drug-likeness (QED) is 0.743. The first-order valence-corrected chi connectivity index (χ1v) is 3.98. The van der Waals surface area contributed by atoms with Gasteiger partial charge in [-0.2, -0.15) is 0 Å². The lowest BCUT2D eigenvalue weighted by Gasteiger charge is -2.09. The standard InChI is InChI=1S/C9H11FN2O/c1-6(9(13)11-2)8-7(10)4-3-5-12-8/h3-6H,1-2H3,(H,11,13). The summed E-state index contributed by atoms with van der Waals surface area (Å²) in [5.74, 6) is -1.23. The highest BCUT2D eigenvalue weighted by Gasteiger charge is 2.18. The molecule has 1 unspecified atom stereocenters. The van der Waals surface area contributed by atoms with E-state index in [1.165, 1.54) is 25.4 Å². The highest BCUT2D eigenvalue weighted by molar-refractivity contribution is 5.82. The van der Waals surface area contributed by atoms with Gasteiger partial charge in [-0.15, -0.1) is 0 Å². The minimum atomic E-state index is -0.550. The van der Waals surface area contributed by atoms with Crippen molar-refractivity contribution >= 4 is 5.91 Å². The van der Waals surface area contributed by atoms with Crippen LogP contribution in [0.15, 0.2) is 18.3 Å². The van der Waals surface area contributed by atoms with Crippen molar-refractivity contribution in [2.24, 2.45) is 0 Å². The summed E-state index contributed by atoms with van der Waals surface area (Å²) in [6.07, 6.45) is 1.47. The van der Waals surface area contributed by atoms with E-state index in [2.05, 4.69) is 10.3 Å². The number of nitrogens with one attached hydrogen (secondary N) is 1. The van der Waals surface area contributed by atoms with Gasteiger partial charge >= 0.3 is 0 Å². The van der Waals surface area contributed by atoms with E-state index in [0.29, 0.717) is 0 Å². The Kier molecular flexibility index (Phi) is 2.95. The zero-order valence-corrected chi connectivity index (χ0v) is 7.54. The fourth-order valence-electron chi connectivity index (χ4n) is 1.06. The number of aromatic nitrogens is 1. The number of nitrogens with zero attached hydrogens (tertiary/aromatic N) is 1. The summed E-state index contributed by atoms with van der Waals surface area (Å²) < 4.78 is 13.1. The number of carbonyl (C=O) groups excluding carboxylic acids is 1. The lowest BCUT2D eigenvalue weighted by atomic mass is 10.1. The summed E-state index contributed by atoms with van der Waals surface area (Å²) >= 11 is 0. The molecule has 0 saturated carbocycles. The Morgan fingerprint density at radius 3 is 2.92 bits per heavy atom. The van der Waals surface area contributed by atoms with Crippen LogP contribution in [0, 0.1) is 5.82 Å². The largest absolute Gasteiger partial charge is 0.359 e. The summed E-state index contributed by atoms with van der Waals surface area (Å²) in [6, 6.07) is 2.79. The number of carbonyl (C=O) groups is 1. The summed E-state index contributed by atoms with van der Waals surface area (Å²) in [6.45, 7) is 1.62. The maximum Gasteiger partial charge on any atom is 0.228 e. The van der Waals surface area contributed by atoms with E-state index in [9.17, 15) is 9.18 Å². The van der Waals surface area contributed by atoms with Gasteiger partial charge in [0.05, 0.1) is 11.6 Å². The number of likely N-dealkylation sites (N-methyl/N-ethyl adjacent to an activating group) is 1. The Hall–Kier alpha value is -1.45. The molecular formula is C9H11FN2O. The molecule has 0 radical (unpaired) electrons. The number of halogens is 1. The molecule has 1 amide bonds. The van der Waals surface area contributed by atoms with E-state index in [-0.39, 0.29) is 11.6 Å². The smallest absolute Gasteiger partial charge is 0.228 e. The van der Waals surface area contributed by atoms with Crippen molar-refractivity contribution in [3.05, 3.63) is 29.8 Å². The summed E-state index contributed by atoms with van der Waals surface area (Å²) in [5.41, 5.74) is 0.182. The summed E-state index contributed by atoms with van der Waals surface area (Å²) in [4.78, 5) is 15.0. The summed E-state index contributed by atoms with van der Waals surface area (Å²) in [5, 5.41) is 2.44. The van der Waals surface area contributed by atoms with Gasteiger partial charge in [-0.3, -0.25) is 9.78 Å². The van der Waals surface area contributed by atoms with Crippen LogP contribution in [0.4, 0.5) is 4.39 Å². The molecule has 1 aromatic rings. The van der Waals surface area contributed by atoms with Crippen molar-refractivity contribution in [3.8, 4) is 0 Å². The molecular weight excluding hydrogens is 171 g/mol. The number of hydrogen-bond donors (Lipinski definition) is 1. The zero-order chi connectivity index (χ0) is 9.84. The third kappa shape index (κ3) is 2.02. The molecule has 0 spiro atoms. The van der Waals surface area contributed by atoms with Crippen LogP contribution in [-0.2, 0) is 4.79 Å². The van der Waals surface area contributed by atoms with Crippen molar-refractivity contribution in [1.29, 1.82) is 0 Å². The Labute approximate surface area is 76.0 Å². The molecule has 13 heavy (non-hydrogen) atoms. The molecule has 1 atom stereocenters. The van der Waals surface area contributed by atoms with Gasteiger partial charge in [0.15, 0.2) is 0 Å². The van der Waals surface area contributed by atoms with E-state index in [1.54, 1.807) is 6.92 Å². The van der Waals surface area contributed by atoms with E-state index in [4.69, 9.17) is 0 Å². The van der Waals surface area contributed by atoms with Gasteiger partial charge in [0.1, 0.15) is 5.82 Å². The molecule has 0 aliphatic rings. The SMILES string of the molecule is CNC(=O)C(C)c1ncccc1F. The molecule has 0 bridgehead atoms. The first-order chi connectivity index (χ1) is 6.16. The van der Waals surface area contributed by atoms with Crippen molar-refractivity contribution in [2.75, 3.05) is 7.05 Å². The van der Waals surface area contributed by atoms with Gasteiger partial charge in [0.25, 0.3) is 0 Å². The van der Waals surface area contributed by atoms with Gasteiger partial charge in [0, 0.05) is 13.2 Å².